The van der Waals surface area contributed by atoms with Crippen LogP contribution in [0.4, 0.5) is 16.2 Å². The smallest absolute Gasteiger partial charge is 0.422 e. The number of ether oxygens (including phenoxy) is 1. The van der Waals surface area contributed by atoms with E-state index in [1.807, 2.05) is 0 Å². The number of hydrogen-bond acceptors (Lipinski definition) is 9. The molecule has 2 amide bonds. The van der Waals surface area contributed by atoms with Gasteiger partial charge in [-0.2, -0.15) is 0 Å². The van der Waals surface area contributed by atoms with Crippen LogP contribution in [0.25, 0.3) is 0 Å². The van der Waals surface area contributed by atoms with Crippen LogP contribution in [0.1, 0.15) is 59.5 Å². The number of hydrogen-bond donors (Lipinski definition) is 2. The molecule has 1 aliphatic carbocycles. The molecule has 3 rings (SSSR count). The topological polar surface area (TPSA) is 164 Å². The summed E-state index contributed by atoms with van der Waals surface area (Å²) in [5.41, 5.74) is -5.31. The van der Waals surface area contributed by atoms with Crippen molar-refractivity contribution in [3.8, 4) is 11.5 Å². The first-order chi connectivity index (χ1) is 14.8. The Morgan fingerprint density at radius 1 is 1.00 bits per heavy atom. The number of nitro benzene ring substituents is 1. The summed E-state index contributed by atoms with van der Waals surface area (Å²) in [5.74, 6) is -5.41. The molecule has 2 N–H and O–H groups in total. The molecule has 2 aromatic carbocycles. The van der Waals surface area contributed by atoms with Crippen LogP contribution >= 0.6 is 0 Å². The molecule has 0 spiro atoms. The van der Waals surface area contributed by atoms with E-state index < -0.39 is 68.1 Å². The Morgan fingerprint density at radius 3 is 1.88 bits per heavy atom. The first-order valence-corrected chi connectivity index (χ1v) is 9.26. The Hall–Kier alpha value is -4.28. The molecule has 11 nitrogen and oxygen atoms in total. The number of carbonyl (C=O) groups is 4. The van der Waals surface area contributed by atoms with Gasteiger partial charge in [-0.1, -0.05) is 24.3 Å². The Bertz CT molecular complexity index is 1220. The zero-order chi connectivity index (χ0) is 24.1. The molecule has 0 fully saturated rings. The monoisotopic (exact) mass is 442 g/mol. The highest BCUT2D eigenvalue weighted by atomic mass is 16.6. The molecule has 0 saturated carbocycles. The van der Waals surface area contributed by atoms with E-state index in [1.165, 1.54) is 45.0 Å². The van der Waals surface area contributed by atoms with Crippen molar-refractivity contribution in [2.24, 2.45) is 0 Å². The van der Waals surface area contributed by atoms with E-state index in [0.717, 1.165) is 6.92 Å². The van der Waals surface area contributed by atoms with E-state index in [2.05, 4.69) is 0 Å². The molecule has 166 valence electrons. The lowest BCUT2D eigenvalue weighted by Gasteiger charge is -2.27. The molecule has 11 heteroatoms. The van der Waals surface area contributed by atoms with Gasteiger partial charge in [0, 0.05) is 18.1 Å². The van der Waals surface area contributed by atoms with Gasteiger partial charge in [0.1, 0.15) is 5.60 Å². The third kappa shape index (κ3) is 3.43. The first kappa shape index (κ1) is 22.4. The van der Waals surface area contributed by atoms with E-state index >= 15 is 0 Å². The van der Waals surface area contributed by atoms with Crippen molar-refractivity contribution < 1.29 is 39.1 Å². The first-order valence-electron chi connectivity index (χ1n) is 9.26. The predicted octanol–water partition coefficient (Wildman–Crippen LogP) is 3.07. The fourth-order valence-electron chi connectivity index (χ4n) is 3.36. The Labute approximate surface area is 181 Å². The van der Waals surface area contributed by atoms with Crippen molar-refractivity contribution in [2.75, 3.05) is 4.90 Å². The van der Waals surface area contributed by atoms with E-state index in [1.54, 1.807) is 0 Å². The fourth-order valence-corrected chi connectivity index (χ4v) is 3.36. The molecule has 0 aromatic heterocycles. The summed E-state index contributed by atoms with van der Waals surface area (Å²) >= 11 is 0. The number of imide groups is 1. The Morgan fingerprint density at radius 2 is 1.47 bits per heavy atom. The lowest BCUT2D eigenvalue weighted by Crippen LogP contribution is -2.40. The summed E-state index contributed by atoms with van der Waals surface area (Å²) in [7, 11) is 0. The zero-order valence-electron chi connectivity index (χ0n) is 17.5. The van der Waals surface area contributed by atoms with Gasteiger partial charge in [-0.05, 0) is 20.8 Å². The van der Waals surface area contributed by atoms with Crippen molar-refractivity contribution in [1.29, 1.82) is 0 Å². The average molecular weight is 442 g/mol. The molecular weight excluding hydrogens is 424 g/mol. The third-order valence-electron chi connectivity index (χ3n) is 4.56. The molecule has 32 heavy (non-hydrogen) atoms. The SMILES string of the molecule is CC(=O)N(C(=O)OC(C)(C)C)c1c(O)c2c(c(O)c1[N+](=O)[O-])C(=O)c1ccccc1C2=O. The number of nitro groups is 1. The number of amides is 2. The molecule has 0 radical (unpaired) electrons. The van der Waals surface area contributed by atoms with E-state index in [-0.39, 0.29) is 16.0 Å². The zero-order valence-corrected chi connectivity index (χ0v) is 17.5. The highest BCUT2D eigenvalue weighted by Gasteiger charge is 2.45. The molecule has 0 heterocycles. The van der Waals surface area contributed by atoms with Gasteiger partial charge in [-0.3, -0.25) is 24.5 Å². The minimum atomic E-state index is -1.39. The molecule has 0 aliphatic heterocycles. The van der Waals surface area contributed by atoms with Gasteiger partial charge in [0.25, 0.3) is 0 Å². The van der Waals surface area contributed by atoms with Crippen molar-refractivity contribution in [3.63, 3.8) is 0 Å². The lowest BCUT2D eigenvalue weighted by molar-refractivity contribution is -0.385. The van der Waals surface area contributed by atoms with Crippen LogP contribution in [0, 0.1) is 10.1 Å². The number of fused-ring (bicyclic) bond motifs is 2. The second-order valence-electron chi connectivity index (χ2n) is 7.94. The number of benzene rings is 2. The fraction of sp³-hybridized carbons (Fsp3) is 0.238. The molecule has 0 atom stereocenters. The van der Waals surface area contributed by atoms with E-state index in [4.69, 9.17) is 4.74 Å². The second kappa shape index (κ2) is 7.45. The van der Waals surface area contributed by atoms with Gasteiger partial charge >= 0.3 is 11.8 Å². The number of ketones is 2. The quantitative estimate of drug-likeness (QED) is 0.345. The highest BCUT2D eigenvalue weighted by Crippen LogP contribution is 2.51. The molecule has 0 unspecified atom stereocenters. The van der Waals surface area contributed by atoms with Crippen molar-refractivity contribution in [1.82, 2.24) is 0 Å². The van der Waals surface area contributed by atoms with Gasteiger partial charge in [0.15, 0.2) is 23.0 Å². The van der Waals surface area contributed by atoms with Crippen molar-refractivity contribution in [2.45, 2.75) is 33.3 Å². The summed E-state index contributed by atoms with van der Waals surface area (Å²) in [6.45, 7) is 5.29. The molecule has 0 saturated heterocycles. The van der Waals surface area contributed by atoms with Gasteiger partial charge in [0.05, 0.1) is 16.1 Å². The largest absolute Gasteiger partial charge is 0.505 e. The van der Waals surface area contributed by atoms with Crippen LogP contribution in [-0.4, -0.2) is 44.3 Å². The van der Waals surface area contributed by atoms with Gasteiger partial charge in [-0.25, -0.2) is 9.69 Å². The van der Waals surface area contributed by atoms with Crippen LogP contribution in [0.2, 0.25) is 0 Å². The van der Waals surface area contributed by atoms with Crippen molar-refractivity contribution in [3.05, 3.63) is 56.6 Å². The number of nitrogens with zero attached hydrogens (tertiary/aromatic N) is 2. The van der Waals surface area contributed by atoms with Crippen LogP contribution in [0.3, 0.4) is 0 Å². The molecule has 0 bridgehead atoms. The molecule has 1 aliphatic rings. The average Bonchev–Trinajstić information content (AvgIpc) is 2.66. The van der Waals surface area contributed by atoms with Crippen LogP contribution in [-0.2, 0) is 9.53 Å². The minimum Gasteiger partial charge on any atom is -0.505 e. The maximum absolute atomic E-state index is 13.0. The minimum absolute atomic E-state index is 0.119. The van der Waals surface area contributed by atoms with Gasteiger partial charge < -0.3 is 14.9 Å². The van der Waals surface area contributed by atoms with Crippen LogP contribution < -0.4 is 4.90 Å². The summed E-state index contributed by atoms with van der Waals surface area (Å²) in [4.78, 5) is 61.7. The number of rotatable bonds is 2. The van der Waals surface area contributed by atoms with Gasteiger partial charge in [-0.15, -0.1) is 0 Å². The van der Waals surface area contributed by atoms with E-state index in [0.29, 0.717) is 0 Å². The maximum atomic E-state index is 13.0. The van der Waals surface area contributed by atoms with Gasteiger partial charge in [0.2, 0.25) is 11.7 Å². The number of phenols is 2. The van der Waals surface area contributed by atoms with Crippen molar-refractivity contribution >= 4 is 34.9 Å². The standard InChI is InChI=1S/C21H18N2O9/c1-9(24)22(20(29)32-21(2,3)4)14-15(23(30)31)19(28)13-12(18(14)27)16(25)10-7-5-6-8-11(10)17(13)26/h5-8,27-28H,1-4H3. The highest BCUT2D eigenvalue weighted by molar-refractivity contribution is 6.32. The second-order valence-corrected chi connectivity index (χ2v) is 7.94. The third-order valence-corrected chi connectivity index (χ3v) is 4.56. The number of anilines is 1. The maximum Gasteiger partial charge on any atom is 0.422 e. The van der Waals surface area contributed by atoms with Crippen LogP contribution in [0.15, 0.2) is 24.3 Å². The molecular formula is C21H18N2O9. The molecule has 2 aromatic rings. The predicted molar refractivity (Wildman–Crippen MR) is 109 cm³/mol. The summed E-state index contributed by atoms with van der Waals surface area (Å²) in [6.07, 6.45) is -1.39. The van der Waals surface area contributed by atoms with E-state index in [9.17, 15) is 39.5 Å². The number of phenolic OH excluding ortho intramolecular Hbond substituents is 2. The summed E-state index contributed by atoms with van der Waals surface area (Å²) < 4.78 is 5.09. The summed E-state index contributed by atoms with van der Waals surface area (Å²) in [5, 5.41) is 33.3. The lowest BCUT2D eigenvalue weighted by atomic mass is 9.82. The number of aromatic hydroxyl groups is 2. The Kier molecular flexibility index (Phi) is 5.21. The Balaban J connectivity index is 2.41. The van der Waals surface area contributed by atoms with Crippen LogP contribution in [0.5, 0.6) is 11.5 Å². The number of carbonyl (C=O) groups excluding carboxylic acids is 4. The summed E-state index contributed by atoms with van der Waals surface area (Å²) in [6, 6.07) is 5.50. The normalized spacial score (nSPS) is 12.6.